The van der Waals surface area contributed by atoms with E-state index in [1.807, 2.05) is 30.3 Å². The molecule has 1 aromatic carbocycles. The molecule has 1 rings (SSSR count). The van der Waals surface area contributed by atoms with Gasteiger partial charge in [0, 0.05) is 17.0 Å². The molecular weight excluding hydrogens is 288 g/mol. The summed E-state index contributed by atoms with van der Waals surface area (Å²) >= 11 is 5.75. The van der Waals surface area contributed by atoms with Gasteiger partial charge >= 0.3 is 0 Å². The minimum atomic E-state index is -0.785. The summed E-state index contributed by atoms with van der Waals surface area (Å²) in [6.45, 7) is 1.73. The Bertz CT molecular complexity index is 472. The molecule has 116 valence electrons. The normalized spacial score (nSPS) is 16.3. The number of nitrogens with two attached hydrogens (primary N) is 2. The Balaban J connectivity index is 2.57. The molecule has 0 heterocycles. The van der Waals surface area contributed by atoms with Gasteiger partial charge in [0.25, 0.3) is 0 Å². The predicted octanol–water partition coefficient (Wildman–Crippen LogP) is 1.94. The highest BCUT2D eigenvalue weighted by Crippen LogP contribution is 2.17. The third-order valence-electron chi connectivity index (χ3n) is 3.42. The van der Waals surface area contributed by atoms with E-state index in [0.717, 1.165) is 5.56 Å². The second-order valence-corrected chi connectivity index (χ2v) is 5.88. The van der Waals surface area contributed by atoms with E-state index >= 15 is 0 Å². The lowest BCUT2D eigenvalue weighted by Crippen LogP contribution is -2.39. The summed E-state index contributed by atoms with van der Waals surface area (Å²) in [4.78, 5) is 11.4. The molecule has 3 atom stereocenters. The molecule has 0 aliphatic rings. The van der Waals surface area contributed by atoms with Crippen molar-refractivity contribution in [1.82, 2.24) is 0 Å². The number of halogens is 1. The molecule has 0 aliphatic heterocycles. The third kappa shape index (κ3) is 6.76. The van der Waals surface area contributed by atoms with E-state index in [0.29, 0.717) is 17.9 Å². The van der Waals surface area contributed by atoms with E-state index in [9.17, 15) is 9.90 Å². The summed E-state index contributed by atoms with van der Waals surface area (Å²) in [5.41, 5.74) is 12.4. The molecule has 5 N–H and O–H groups in total. The van der Waals surface area contributed by atoms with Crippen LogP contribution in [0.5, 0.6) is 0 Å². The van der Waals surface area contributed by atoms with Crippen molar-refractivity contribution in [1.29, 1.82) is 0 Å². The maximum absolute atomic E-state index is 11.4. The zero-order chi connectivity index (χ0) is 15.8. The van der Waals surface area contributed by atoms with E-state index in [1.165, 1.54) is 0 Å². The van der Waals surface area contributed by atoms with Crippen LogP contribution < -0.4 is 11.5 Å². The van der Waals surface area contributed by atoms with E-state index in [4.69, 9.17) is 23.1 Å². The Kier molecular flexibility index (Phi) is 7.43. The van der Waals surface area contributed by atoms with Crippen LogP contribution in [0.4, 0.5) is 0 Å². The number of hydrogen-bond acceptors (Lipinski definition) is 3. The van der Waals surface area contributed by atoms with Crippen molar-refractivity contribution in [2.75, 3.05) is 0 Å². The summed E-state index contributed by atoms with van der Waals surface area (Å²) in [6, 6.07) is 9.25. The fraction of sp³-hybridized carbons (Fsp3) is 0.438. The molecule has 0 fully saturated rings. The number of primary amides is 1. The Labute approximate surface area is 130 Å². The van der Waals surface area contributed by atoms with Gasteiger partial charge in [0.15, 0.2) is 0 Å². The van der Waals surface area contributed by atoms with E-state index in [1.54, 1.807) is 13.0 Å². The van der Waals surface area contributed by atoms with Gasteiger partial charge < -0.3 is 16.6 Å². The van der Waals surface area contributed by atoms with Crippen molar-refractivity contribution < 1.29 is 9.90 Å². The van der Waals surface area contributed by atoms with Crippen LogP contribution in [0.2, 0.25) is 0 Å². The van der Waals surface area contributed by atoms with Crippen LogP contribution >= 0.6 is 11.6 Å². The fourth-order valence-corrected chi connectivity index (χ4v) is 2.21. The molecule has 4 nitrogen and oxygen atoms in total. The second-order valence-electron chi connectivity index (χ2n) is 5.28. The van der Waals surface area contributed by atoms with Gasteiger partial charge in [-0.15, -0.1) is 0 Å². The van der Waals surface area contributed by atoms with Crippen molar-refractivity contribution in [3.8, 4) is 0 Å². The summed E-state index contributed by atoms with van der Waals surface area (Å²) in [5.74, 6) is -0.911. The van der Waals surface area contributed by atoms with Crippen LogP contribution in [-0.4, -0.2) is 23.2 Å². The van der Waals surface area contributed by atoms with Gasteiger partial charge in [-0.05, 0) is 31.7 Å². The summed E-state index contributed by atoms with van der Waals surface area (Å²) in [6.07, 6.45) is 2.15. The molecule has 0 bridgehead atoms. The molecule has 5 heteroatoms. The van der Waals surface area contributed by atoms with Crippen LogP contribution in [0.3, 0.4) is 0 Å². The van der Waals surface area contributed by atoms with Crippen LogP contribution in [0, 0.1) is 5.92 Å². The third-order valence-corrected chi connectivity index (χ3v) is 3.57. The smallest absolute Gasteiger partial charge is 0.220 e. The monoisotopic (exact) mass is 310 g/mol. The summed E-state index contributed by atoms with van der Waals surface area (Å²) < 4.78 is 0. The van der Waals surface area contributed by atoms with Crippen molar-refractivity contribution in [3.05, 3.63) is 47.0 Å². The van der Waals surface area contributed by atoms with Crippen molar-refractivity contribution in [2.24, 2.45) is 17.4 Å². The van der Waals surface area contributed by atoms with Gasteiger partial charge in [-0.2, -0.15) is 0 Å². The van der Waals surface area contributed by atoms with Crippen molar-refractivity contribution in [2.45, 2.75) is 38.3 Å². The lowest BCUT2D eigenvalue weighted by Gasteiger charge is -2.22. The van der Waals surface area contributed by atoms with Gasteiger partial charge in [-0.1, -0.05) is 48.0 Å². The maximum atomic E-state index is 11.4. The first-order chi connectivity index (χ1) is 9.90. The van der Waals surface area contributed by atoms with Crippen LogP contribution in [0.15, 0.2) is 41.4 Å². The molecule has 0 aliphatic carbocycles. The van der Waals surface area contributed by atoms with E-state index in [-0.39, 0.29) is 6.42 Å². The highest BCUT2D eigenvalue weighted by Gasteiger charge is 2.23. The van der Waals surface area contributed by atoms with Gasteiger partial charge in [0.2, 0.25) is 5.91 Å². The quantitative estimate of drug-likeness (QED) is 0.685. The Morgan fingerprint density at radius 1 is 1.38 bits per heavy atom. The van der Waals surface area contributed by atoms with Gasteiger partial charge in [0.05, 0.1) is 6.10 Å². The fourth-order valence-electron chi connectivity index (χ4n) is 2.12. The zero-order valence-electron chi connectivity index (χ0n) is 12.2. The zero-order valence-corrected chi connectivity index (χ0v) is 13.0. The van der Waals surface area contributed by atoms with Gasteiger partial charge in [-0.3, -0.25) is 4.79 Å². The molecule has 0 radical (unpaired) electrons. The molecule has 1 aromatic rings. The first-order valence-corrected chi connectivity index (χ1v) is 7.37. The average molecular weight is 311 g/mol. The first kappa shape index (κ1) is 17.7. The second kappa shape index (κ2) is 8.82. The number of rotatable bonds is 8. The lowest BCUT2D eigenvalue weighted by atomic mass is 9.91. The minimum Gasteiger partial charge on any atom is -0.391 e. The number of allylic oxidation sites excluding steroid dienone is 2. The summed E-state index contributed by atoms with van der Waals surface area (Å²) in [5, 5.41) is 10.8. The van der Waals surface area contributed by atoms with Gasteiger partial charge in [0.1, 0.15) is 0 Å². The molecule has 21 heavy (non-hydrogen) atoms. The van der Waals surface area contributed by atoms with Crippen LogP contribution in [0.25, 0.3) is 0 Å². The number of carbonyl (C=O) groups excluding carboxylic acids is 1. The molecular formula is C16H23ClN2O2. The topological polar surface area (TPSA) is 89.3 Å². The molecule has 1 amide bonds. The van der Waals surface area contributed by atoms with Crippen molar-refractivity contribution >= 4 is 17.5 Å². The number of aliphatic hydroxyl groups is 1. The Morgan fingerprint density at radius 3 is 2.52 bits per heavy atom. The SMILES string of the molecule is CC(Cl)=CC[C@H](C[C@H](O)[C@@H](N)Cc1ccccc1)C(N)=O. The Hall–Kier alpha value is -1.36. The van der Waals surface area contributed by atoms with Crippen molar-refractivity contribution in [3.63, 3.8) is 0 Å². The molecule has 0 unspecified atom stereocenters. The number of amides is 1. The highest BCUT2D eigenvalue weighted by atomic mass is 35.5. The molecule has 0 saturated carbocycles. The van der Waals surface area contributed by atoms with E-state index < -0.39 is 24.0 Å². The van der Waals surface area contributed by atoms with E-state index in [2.05, 4.69) is 0 Å². The number of benzene rings is 1. The first-order valence-electron chi connectivity index (χ1n) is 6.99. The number of carbonyl (C=O) groups is 1. The average Bonchev–Trinajstić information content (AvgIpc) is 2.43. The highest BCUT2D eigenvalue weighted by molar-refractivity contribution is 6.29. The van der Waals surface area contributed by atoms with Gasteiger partial charge in [-0.25, -0.2) is 0 Å². The van der Waals surface area contributed by atoms with Crippen LogP contribution in [0.1, 0.15) is 25.3 Å². The lowest BCUT2D eigenvalue weighted by molar-refractivity contribution is -0.122. The summed E-state index contributed by atoms with van der Waals surface area (Å²) in [7, 11) is 0. The number of hydrogen-bond donors (Lipinski definition) is 3. The van der Waals surface area contributed by atoms with Crippen LogP contribution in [-0.2, 0) is 11.2 Å². The Morgan fingerprint density at radius 2 is 2.00 bits per heavy atom. The largest absolute Gasteiger partial charge is 0.391 e. The predicted molar refractivity (Wildman–Crippen MR) is 85.7 cm³/mol. The number of aliphatic hydroxyl groups excluding tert-OH is 1. The molecule has 0 aromatic heterocycles. The minimum absolute atomic E-state index is 0.240. The standard InChI is InChI=1S/C16H23ClN2O2/c1-11(17)7-8-13(16(19)21)10-15(20)14(18)9-12-5-3-2-4-6-12/h2-7,13-15,20H,8-10,18H2,1H3,(H2,19,21)/t13-,14+,15+/m1/s1. The molecule has 0 spiro atoms. The molecule has 0 saturated heterocycles. The maximum Gasteiger partial charge on any atom is 0.220 e.